The van der Waals surface area contributed by atoms with Crippen molar-refractivity contribution in [3.8, 4) is 5.75 Å². The highest BCUT2D eigenvalue weighted by Crippen LogP contribution is 2.16. The molecule has 7 heteroatoms. The van der Waals surface area contributed by atoms with Crippen LogP contribution in [0.25, 0.3) is 0 Å². The van der Waals surface area contributed by atoms with Gasteiger partial charge in [-0.1, -0.05) is 12.1 Å². The van der Waals surface area contributed by atoms with E-state index in [4.69, 9.17) is 0 Å². The van der Waals surface area contributed by atoms with Crippen LogP contribution in [0, 0.1) is 0 Å². The summed E-state index contributed by atoms with van der Waals surface area (Å²) in [6, 6.07) is 7.46. The van der Waals surface area contributed by atoms with Crippen LogP contribution in [0.4, 0.5) is 0 Å². The van der Waals surface area contributed by atoms with Gasteiger partial charge in [-0.15, -0.1) is 0 Å². The molecule has 7 nitrogen and oxygen atoms in total. The van der Waals surface area contributed by atoms with Gasteiger partial charge in [0, 0.05) is 19.1 Å². The molecule has 0 radical (unpaired) electrons. The number of hydrogen-bond acceptors (Lipinski definition) is 5. The second-order valence-electron chi connectivity index (χ2n) is 5.87. The zero-order valence-electron chi connectivity index (χ0n) is 12.9. The average molecular weight is 315 g/mol. The zero-order chi connectivity index (χ0) is 16.1. The molecule has 0 saturated carbocycles. The van der Waals surface area contributed by atoms with Gasteiger partial charge >= 0.3 is 0 Å². The van der Waals surface area contributed by atoms with Gasteiger partial charge in [-0.3, -0.25) is 9.69 Å². The fraction of sp³-hybridized carbons (Fsp3) is 0.438. The minimum absolute atomic E-state index is 0.0644. The number of rotatable bonds is 5. The molecule has 0 bridgehead atoms. The molecule has 2 aromatic rings. The van der Waals surface area contributed by atoms with Crippen molar-refractivity contribution in [3.05, 3.63) is 42.2 Å². The Hall–Kier alpha value is -2.41. The molecular formula is C16H21N5O2. The van der Waals surface area contributed by atoms with Crippen LogP contribution in [0.3, 0.4) is 0 Å². The number of hydrogen-bond donors (Lipinski definition) is 2. The summed E-state index contributed by atoms with van der Waals surface area (Å²) in [4.78, 5) is 15.7. The molecule has 2 heterocycles. The first-order chi connectivity index (χ1) is 11.2. The Morgan fingerprint density at radius 2 is 2.17 bits per heavy atom. The number of aromatic hydroxyl groups is 1. The summed E-state index contributed by atoms with van der Waals surface area (Å²) in [5.74, 6) is 0.224. The Morgan fingerprint density at radius 1 is 1.35 bits per heavy atom. The molecule has 122 valence electrons. The molecule has 1 saturated heterocycles. The standard InChI is InChI=1S/C16H21N5O2/c22-15-5-1-3-13(9-15)10-20-8-2-4-14(11-20)19-16(23)12-21-17-6-7-18-21/h1,3,5-7,9,14,22H,2,4,8,10-12H2,(H,19,23)/t14-/m0/s1. The van der Waals surface area contributed by atoms with Crippen LogP contribution in [-0.2, 0) is 17.9 Å². The van der Waals surface area contributed by atoms with E-state index in [1.807, 2.05) is 12.1 Å². The molecule has 1 aliphatic rings. The zero-order valence-corrected chi connectivity index (χ0v) is 12.9. The van der Waals surface area contributed by atoms with Crippen molar-refractivity contribution in [2.24, 2.45) is 0 Å². The molecule has 2 N–H and O–H groups in total. The van der Waals surface area contributed by atoms with Crippen LogP contribution < -0.4 is 5.32 Å². The first kappa shape index (κ1) is 15.5. The molecule has 1 fully saturated rings. The predicted molar refractivity (Wildman–Crippen MR) is 84.6 cm³/mol. The summed E-state index contributed by atoms with van der Waals surface area (Å²) < 4.78 is 0. The third-order valence-electron chi connectivity index (χ3n) is 3.94. The number of likely N-dealkylation sites (tertiary alicyclic amines) is 1. The van der Waals surface area contributed by atoms with Crippen molar-refractivity contribution in [2.75, 3.05) is 13.1 Å². The summed E-state index contributed by atoms with van der Waals surface area (Å²) in [5.41, 5.74) is 1.08. The van der Waals surface area contributed by atoms with Crippen LogP contribution in [0.1, 0.15) is 18.4 Å². The molecule has 0 aliphatic carbocycles. The number of phenolic OH excluding ortho intramolecular Hbond substituents is 1. The first-order valence-electron chi connectivity index (χ1n) is 7.83. The molecule has 1 aliphatic heterocycles. The molecule has 1 aromatic heterocycles. The lowest BCUT2D eigenvalue weighted by Crippen LogP contribution is -2.48. The van der Waals surface area contributed by atoms with Crippen molar-refractivity contribution in [1.29, 1.82) is 0 Å². The Balaban J connectivity index is 1.50. The number of phenols is 1. The molecular weight excluding hydrogens is 294 g/mol. The topological polar surface area (TPSA) is 83.3 Å². The van der Waals surface area contributed by atoms with Crippen molar-refractivity contribution >= 4 is 5.91 Å². The Kier molecular flexibility index (Phi) is 4.87. The van der Waals surface area contributed by atoms with E-state index in [0.29, 0.717) is 0 Å². The third kappa shape index (κ3) is 4.53. The van der Waals surface area contributed by atoms with Gasteiger partial charge in [0.2, 0.25) is 5.91 Å². The van der Waals surface area contributed by atoms with Gasteiger partial charge < -0.3 is 10.4 Å². The van der Waals surface area contributed by atoms with Gasteiger partial charge in [-0.05, 0) is 37.1 Å². The van der Waals surface area contributed by atoms with Gasteiger partial charge in [0.15, 0.2) is 0 Å². The van der Waals surface area contributed by atoms with Gasteiger partial charge in [-0.25, -0.2) is 0 Å². The summed E-state index contributed by atoms with van der Waals surface area (Å²) in [7, 11) is 0. The smallest absolute Gasteiger partial charge is 0.243 e. The lowest BCUT2D eigenvalue weighted by Gasteiger charge is -2.33. The Labute approximate surface area is 134 Å². The van der Waals surface area contributed by atoms with E-state index in [2.05, 4.69) is 20.4 Å². The fourth-order valence-electron chi connectivity index (χ4n) is 2.96. The maximum atomic E-state index is 12.0. The van der Waals surface area contributed by atoms with Crippen LogP contribution in [-0.4, -0.2) is 50.0 Å². The number of aromatic nitrogens is 3. The van der Waals surface area contributed by atoms with Gasteiger partial charge in [0.1, 0.15) is 12.3 Å². The summed E-state index contributed by atoms with van der Waals surface area (Å²) in [6.07, 6.45) is 5.15. The number of carbonyl (C=O) groups excluding carboxylic acids is 1. The first-order valence-corrected chi connectivity index (χ1v) is 7.83. The van der Waals surface area contributed by atoms with E-state index < -0.39 is 0 Å². The van der Waals surface area contributed by atoms with Crippen molar-refractivity contribution < 1.29 is 9.90 Å². The Morgan fingerprint density at radius 3 is 2.96 bits per heavy atom. The normalized spacial score (nSPS) is 18.7. The van der Waals surface area contributed by atoms with Gasteiger partial charge in [0.05, 0.1) is 12.4 Å². The monoisotopic (exact) mass is 315 g/mol. The fourth-order valence-corrected chi connectivity index (χ4v) is 2.96. The Bertz CT molecular complexity index is 644. The summed E-state index contributed by atoms with van der Waals surface area (Å²) in [6.45, 7) is 2.74. The summed E-state index contributed by atoms with van der Waals surface area (Å²) in [5, 5.41) is 20.5. The molecule has 0 unspecified atom stereocenters. The average Bonchev–Trinajstić information content (AvgIpc) is 3.00. The molecule has 1 atom stereocenters. The number of amides is 1. The summed E-state index contributed by atoms with van der Waals surface area (Å²) >= 11 is 0. The third-order valence-corrected chi connectivity index (χ3v) is 3.94. The number of piperidine rings is 1. The molecule has 1 aromatic carbocycles. The van der Waals surface area contributed by atoms with E-state index in [1.165, 1.54) is 4.80 Å². The second kappa shape index (κ2) is 7.23. The quantitative estimate of drug-likeness (QED) is 0.851. The minimum atomic E-state index is -0.0644. The predicted octanol–water partition coefficient (Wildman–Crippen LogP) is 0.764. The second-order valence-corrected chi connectivity index (χ2v) is 5.87. The SMILES string of the molecule is O=C(Cn1nccn1)N[C@H]1CCCN(Cc2cccc(O)c2)C1. The van der Waals surface area contributed by atoms with Crippen LogP contribution >= 0.6 is 0 Å². The van der Waals surface area contributed by atoms with Gasteiger partial charge in [-0.2, -0.15) is 15.0 Å². The van der Waals surface area contributed by atoms with Gasteiger partial charge in [0.25, 0.3) is 0 Å². The van der Waals surface area contributed by atoms with Crippen LogP contribution in [0.2, 0.25) is 0 Å². The molecule has 0 spiro atoms. The number of nitrogens with one attached hydrogen (secondary N) is 1. The van der Waals surface area contributed by atoms with Crippen molar-refractivity contribution in [2.45, 2.75) is 32.0 Å². The van der Waals surface area contributed by atoms with Crippen molar-refractivity contribution in [1.82, 2.24) is 25.2 Å². The lowest BCUT2D eigenvalue weighted by atomic mass is 10.0. The molecule has 1 amide bonds. The maximum Gasteiger partial charge on any atom is 0.243 e. The van der Waals surface area contributed by atoms with Crippen LogP contribution in [0.15, 0.2) is 36.7 Å². The largest absolute Gasteiger partial charge is 0.508 e. The van der Waals surface area contributed by atoms with E-state index in [0.717, 1.165) is 38.0 Å². The number of nitrogens with zero attached hydrogens (tertiary/aromatic N) is 4. The highest BCUT2D eigenvalue weighted by Gasteiger charge is 2.21. The number of carbonyl (C=O) groups is 1. The minimum Gasteiger partial charge on any atom is -0.508 e. The van der Waals surface area contributed by atoms with Crippen LogP contribution in [0.5, 0.6) is 5.75 Å². The number of benzene rings is 1. The van der Waals surface area contributed by atoms with E-state index >= 15 is 0 Å². The molecule has 3 rings (SSSR count). The molecule has 23 heavy (non-hydrogen) atoms. The highest BCUT2D eigenvalue weighted by atomic mass is 16.3. The lowest BCUT2D eigenvalue weighted by molar-refractivity contribution is -0.123. The maximum absolute atomic E-state index is 12.0. The van der Waals surface area contributed by atoms with E-state index in [1.54, 1.807) is 24.5 Å². The van der Waals surface area contributed by atoms with E-state index in [9.17, 15) is 9.90 Å². The van der Waals surface area contributed by atoms with E-state index in [-0.39, 0.29) is 24.2 Å². The highest BCUT2D eigenvalue weighted by molar-refractivity contribution is 5.75. The van der Waals surface area contributed by atoms with Crippen molar-refractivity contribution in [3.63, 3.8) is 0 Å².